The van der Waals surface area contributed by atoms with Crippen molar-refractivity contribution in [3.05, 3.63) is 46.4 Å². The normalized spacial score (nSPS) is 12.8. The fourth-order valence-corrected chi connectivity index (χ4v) is 2.56. The van der Waals surface area contributed by atoms with Crippen LogP contribution in [0.1, 0.15) is 5.56 Å². The van der Waals surface area contributed by atoms with Gasteiger partial charge in [-0.2, -0.15) is 0 Å². The molecule has 0 N–H and O–H groups in total. The molecule has 1 aliphatic rings. The van der Waals surface area contributed by atoms with Crippen molar-refractivity contribution in [1.29, 1.82) is 0 Å². The lowest BCUT2D eigenvalue weighted by Gasteiger charge is -2.09. The van der Waals surface area contributed by atoms with Gasteiger partial charge in [0, 0.05) is 10.0 Å². The molecule has 0 fully saturated rings. The van der Waals surface area contributed by atoms with Gasteiger partial charge in [-0.05, 0) is 24.6 Å². The molecule has 0 bridgehead atoms. The SMILES string of the molecule is Cc1cccc(-c2c(Br)ccc3c2OCO3)c1. The van der Waals surface area contributed by atoms with Gasteiger partial charge in [-0.3, -0.25) is 0 Å². The Morgan fingerprint density at radius 2 is 2.00 bits per heavy atom. The van der Waals surface area contributed by atoms with Crippen molar-refractivity contribution in [3.63, 3.8) is 0 Å². The summed E-state index contributed by atoms with van der Waals surface area (Å²) in [5.41, 5.74) is 3.42. The van der Waals surface area contributed by atoms with Crippen molar-refractivity contribution >= 4 is 15.9 Å². The molecule has 1 heterocycles. The molecule has 2 aromatic rings. The van der Waals surface area contributed by atoms with Crippen LogP contribution in [-0.2, 0) is 0 Å². The molecular weight excluding hydrogens is 280 g/mol. The molecule has 0 saturated heterocycles. The van der Waals surface area contributed by atoms with Gasteiger partial charge in [0.2, 0.25) is 6.79 Å². The standard InChI is InChI=1S/C14H11BrO2/c1-9-3-2-4-10(7-9)13-11(15)5-6-12-14(13)17-8-16-12/h2-7H,8H2,1H3. The molecule has 2 aromatic carbocycles. The van der Waals surface area contributed by atoms with Crippen LogP contribution in [0, 0.1) is 6.92 Å². The molecule has 17 heavy (non-hydrogen) atoms. The van der Waals surface area contributed by atoms with Crippen LogP contribution in [0.5, 0.6) is 11.5 Å². The highest BCUT2D eigenvalue weighted by atomic mass is 79.9. The van der Waals surface area contributed by atoms with Crippen LogP contribution in [0.25, 0.3) is 11.1 Å². The maximum absolute atomic E-state index is 5.55. The molecule has 0 spiro atoms. The number of hydrogen-bond donors (Lipinski definition) is 0. The Bertz CT molecular complexity index is 578. The van der Waals surface area contributed by atoms with E-state index in [1.54, 1.807) is 0 Å². The number of aryl methyl sites for hydroxylation is 1. The van der Waals surface area contributed by atoms with Crippen molar-refractivity contribution in [1.82, 2.24) is 0 Å². The summed E-state index contributed by atoms with van der Waals surface area (Å²) in [6.45, 7) is 2.38. The van der Waals surface area contributed by atoms with E-state index >= 15 is 0 Å². The lowest BCUT2D eigenvalue weighted by Crippen LogP contribution is -1.93. The smallest absolute Gasteiger partial charge is 0.231 e. The molecule has 0 amide bonds. The maximum atomic E-state index is 5.55. The average molecular weight is 291 g/mol. The first-order chi connectivity index (χ1) is 8.25. The van der Waals surface area contributed by atoms with Crippen LogP contribution in [0.2, 0.25) is 0 Å². The molecule has 2 nitrogen and oxygen atoms in total. The predicted molar refractivity (Wildman–Crippen MR) is 70.4 cm³/mol. The third kappa shape index (κ3) is 1.80. The number of halogens is 1. The van der Waals surface area contributed by atoms with Gasteiger partial charge in [0.25, 0.3) is 0 Å². The van der Waals surface area contributed by atoms with Crippen molar-refractivity contribution in [2.24, 2.45) is 0 Å². The Kier molecular flexibility index (Phi) is 2.56. The van der Waals surface area contributed by atoms with Crippen molar-refractivity contribution in [2.45, 2.75) is 6.92 Å². The highest BCUT2D eigenvalue weighted by Crippen LogP contribution is 2.45. The first-order valence-electron chi connectivity index (χ1n) is 5.41. The van der Waals surface area contributed by atoms with Crippen LogP contribution < -0.4 is 9.47 Å². The van der Waals surface area contributed by atoms with E-state index in [0.717, 1.165) is 27.1 Å². The fraction of sp³-hybridized carbons (Fsp3) is 0.143. The molecule has 0 unspecified atom stereocenters. The Balaban J connectivity index is 2.24. The maximum Gasteiger partial charge on any atom is 0.231 e. The zero-order valence-corrected chi connectivity index (χ0v) is 11.0. The second-order valence-corrected chi connectivity index (χ2v) is 4.88. The van der Waals surface area contributed by atoms with Gasteiger partial charge in [-0.15, -0.1) is 0 Å². The van der Waals surface area contributed by atoms with Gasteiger partial charge in [0.15, 0.2) is 11.5 Å². The van der Waals surface area contributed by atoms with Crippen molar-refractivity contribution in [2.75, 3.05) is 6.79 Å². The largest absolute Gasteiger partial charge is 0.454 e. The van der Waals surface area contributed by atoms with Gasteiger partial charge in [0.1, 0.15) is 0 Å². The van der Waals surface area contributed by atoms with Crippen LogP contribution in [0.15, 0.2) is 40.9 Å². The van der Waals surface area contributed by atoms with Crippen LogP contribution >= 0.6 is 15.9 Å². The lowest BCUT2D eigenvalue weighted by molar-refractivity contribution is 0.174. The van der Waals surface area contributed by atoms with Gasteiger partial charge in [-0.25, -0.2) is 0 Å². The molecule has 0 aromatic heterocycles. The van der Waals surface area contributed by atoms with E-state index in [-0.39, 0.29) is 0 Å². The quantitative estimate of drug-likeness (QED) is 0.785. The van der Waals surface area contributed by atoms with Crippen molar-refractivity contribution in [3.8, 4) is 22.6 Å². The van der Waals surface area contributed by atoms with E-state index in [4.69, 9.17) is 9.47 Å². The number of hydrogen-bond acceptors (Lipinski definition) is 2. The first kappa shape index (κ1) is 10.7. The number of benzene rings is 2. The molecular formula is C14H11BrO2. The average Bonchev–Trinajstić information content (AvgIpc) is 2.76. The minimum absolute atomic E-state index is 0.296. The zero-order valence-electron chi connectivity index (χ0n) is 9.37. The summed E-state index contributed by atoms with van der Waals surface area (Å²) in [6.07, 6.45) is 0. The Morgan fingerprint density at radius 1 is 1.12 bits per heavy atom. The minimum atomic E-state index is 0.296. The Labute approximate surface area is 108 Å². The highest BCUT2D eigenvalue weighted by Gasteiger charge is 2.21. The van der Waals surface area contributed by atoms with Gasteiger partial charge in [-0.1, -0.05) is 45.8 Å². The molecule has 3 heteroatoms. The summed E-state index contributed by atoms with van der Waals surface area (Å²) < 4.78 is 12.0. The van der Waals surface area contributed by atoms with Gasteiger partial charge >= 0.3 is 0 Å². The van der Waals surface area contributed by atoms with E-state index in [1.165, 1.54) is 5.56 Å². The summed E-state index contributed by atoms with van der Waals surface area (Å²) >= 11 is 3.58. The molecule has 1 aliphatic heterocycles. The summed E-state index contributed by atoms with van der Waals surface area (Å²) in [4.78, 5) is 0. The summed E-state index contributed by atoms with van der Waals surface area (Å²) in [6, 6.07) is 12.3. The Morgan fingerprint density at radius 3 is 2.82 bits per heavy atom. The number of fused-ring (bicyclic) bond motifs is 1. The van der Waals surface area contributed by atoms with E-state index in [9.17, 15) is 0 Å². The van der Waals surface area contributed by atoms with E-state index in [0.29, 0.717) is 6.79 Å². The second kappa shape index (κ2) is 4.08. The van der Waals surface area contributed by atoms with Crippen LogP contribution in [-0.4, -0.2) is 6.79 Å². The van der Waals surface area contributed by atoms with Crippen molar-refractivity contribution < 1.29 is 9.47 Å². The molecule has 0 radical (unpaired) electrons. The zero-order chi connectivity index (χ0) is 11.8. The molecule has 0 saturated carbocycles. The minimum Gasteiger partial charge on any atom is -0.454 e. The monoisotopic (exact) mass is 290 g/mol. The van der Waals surface area contributed by atoms with E-state index in [1.807, 2.05) is 18.2 Å². The third-order valence-corrected chi connectivity index (χ3v) is 3.46. The number of rotatable bonds is 1. The molecule has 0 atom stereocenters. The second-order valence-electron chi connectivity index (χ2n) is 4.03. The molecule has 3 rings (SSSR count). The molecule has 86 valence electrons. The predicted octanol–water partition coefficient (Wildman–Crippen LogP) is 4.15. The van der Waals surface area contributed by atoms with Gasteiger partial charge < -0.3 is 9.47 Å². The van der Waals surface area contributed by atoms with Crippen LogP contribution in [0.4, 0.5) is 0 Å². The lowest BCUT2D eigenvalue weighted by atomic mass is 10.0. The summed E-state index contributed by atoms with van der Waals surface area (Å²) in [7, 11) is 0. The molecule has 0 aliphatic carbocycles. The fourth-order valence-electron chi connectivity index (χ4n) is 2.02. The summed E-state index contributed by atoms with van der Waals surface area (Å²) in [5.74, 6) is 1.63. The van der Waals surface area contributed by atoms with E-state index in [2.05, 4.69) is 41.1 Å². The number of ether oxygens (including phenoxy) is 2. The van der Waals surface area contributed by atoms with Gasteiger partial charge in [0.05, 0.1) is 0 Å². The Hall–Kier alpha value is -1.48. The van der Waals surface area contributed by atoms with E-state index < -0.39 is 0 Å². The third-order valence-electron chi connectivity index (χ3n) is 2.80. The first-order valence-corrected chi connectivity index (χ1v) is 6.20. The topological polar surface area (TPSA) is 18.5 Å². The highest BCUT2D eigenvalue weighted by molar-refractivity contribution is 9.10. The summed E-state index contributed by atoms with van der Waals surface area (Å²) in [5, 5.41) is 0. The van der Waals surface area contributed by atoms with Crippen LogP contribution in [0.3, 0.4) is 0 Å².